The number of rotatable bonds is 3. The van der Waals surface area contributed by atoms with E-state index >= 15 is 0 Å². The molecule has 0 fully saturated rings. The van der Waals surface area contributed by atoms with Gasteiger partial charge in [-0.05, 0) is 54.6 Å². The lowest BCUT2D eigenvalue weighted by Gasteiger charge is -2.10. The summed E-state index contributed by atoms with van der Waals surface area (Å²) >= 11 is 3.27. The monoisotopic (exact) mass is 431 g/mol. The first-order chi connectivity index (χ1) is 14.7. The summed E-state index contributed by atoms with van der Waals surface area (Å²) in [5.41, 5.74) is 3.91. The predicted molar refractivity (Wildman–Crippen MR) is 123 cm³/mol. The van der Waals surface area contributed by atoms with Crippen molar-refractivity contribution in [2.75, 3.05) is 16.4 Å². The smallest absolute Gasteiger partial charge is 0.255 e. The molecule has 0 spiro atoms. The summed E-state index contributed by atoms with van der Waals surface area (Å²) in [7, 11) is 0. The molecule has 3 aromatic carbocycles. The van der Waals surface area contributed by atoms with Crippen LogP contribution in [0.15, 0.2) is 71.6 Å². The Labute approximate surface area is 181 Å². The number of thiazole rings is 1. The molecule has 1 aromatic heterocycles. The molecule has 30 heavy (non-hydrogen) atoms. The molecule has 148 valence electrons. The second-order valence-corrected chi connectivity index (χ2v) is 9.04. The third kappa shape index (κ3) is 3.81. The first-order valence-corrected chi connectivity index (χ1v) is 11.3. The number of hydrogen-bond donors (Lipinski definition) is 2. The van der Waals surface area contributed by atoms with Gasteiger partial charge in [0, 0.05) is 33.9 Å². The van der Waals surface area contributed by atoms with Crippen LogP contribution in [0.1, 0.15) is 16.8 Å². The van der Waals surface area contributed by atoms with Gasteiger partial charge in [-0.15, -0.1) is 23.1 Å². The molecule has 0 unspecified atom stereocenters. The highest BCUT2D eigenvalue weighted by Crippen LogP contribution is 2.32. The van der Waals surface area contributed by atoms with Gasteiger partial charge in [-0.1, -0.05) is 12.1 Å². The highest BCUT2D eigenvalue weighted by molar-refractivity contribution is 7.99. The van der Waals surface area contributed by atoms with Gasteiger partial charge in [-0.25, -0.2) is 4.98 Å². The largest absolute Gasteiger partial charge is 0.325 e. The van der Waals surface area contributed by atoms with Crippen molar-refractivity contribution in [2.24, 2.45) is 0 Å². The van der Waals surface area contributed by atoms with Gasteiger partial charge < -0.3 is 10.6 Å². The van der Waals surface area contributed by atoms with Crippen LogP contribution in [0, 0.1) is 0 Å². The van der Waals surface area contributed by atoms with Crippen LogP contribution in [0.5, 0.6) is 0 Å². The fourth-order valence-corrected chi connectivity index (χ4v) is 5.16. The topological polar surface area (TPSA) is 71.1 Å². The Bertz CT molecular complexity index is 1230. The molecule has 0 bridgehead atoms. The Morgan fingerprint density at radius 2 is 1.87 bits per heavy atom. The van der Waals surface area contributed by atoms with Crippen molar-refractivity contribution < 1.29 is 9.59 Å². The summed E-state index contributed by atoms with van der Waals surface area (Å²) in [5.74, 6) is 0.504. The number of hydrogen-bond acceptors (Lipinski definition) is 5. The van der Waals surface area contributed by atoms with E-state index in [0.29, 0.717) is 23.4 Å². The minimum Gasteiger partial charge on any atom is -0.325 e. The number of nitrogens with zero attached hydrogens (tertiary/aromatic N) is 1. The third-order valence-corrected chi connectivity index (χ3v) is 6.95. The van der Waals surface area contributed by atoms with Crippen molar-refractivity contribution in [3.05, 3.63) is 72.3 Å². The van der Waals surface area contributed by atoms with Gasteiger partial charge in [0.15, 0.2) is 0 Å². The Kier molecular flexibility index (Phi) is 4.98. The summed E-state index contributed by atoms with van der Waals surface area (Å²) in [6.45, 7) is 0. The molecule has 2 N–H and O–H groups in total. The van der Waals surface area contributed by atoms with E-state index in [-0.39, 0.29) is 11.8 Å². The van der Waals surface area contributed by atoms with E-state index in [1.807, 2.05) is 48.5 Å². The molecular weight excluding hydrogens is 414 g/mol. The Morgan fingerprint density at radius 1 is 1.03 bits per heavy atom. The molecule has 0 radical (unpaired) electrons. The number of benzene rings is 3. The van der Waals surface area contributed by atoms with Crippen LogP contribution >= 0.6 is 23.1 Å². The average Bonchev–Trinajstić information content (AvgIpc) is 3.10. The maximum atomic E-state index is 12.7. The summed E-state index contributed by atoms with van der Waals surface area (Å²) in [6, 6.07) is 21.1. The van der Waals surface area contributed by atoms with E-state index in [4.69, 9.17) is 0 Å². The number of carbonyl (C=O) groups excluding carboxylic acids is 2. The summed E-state index contributed by atoms with van der Waals surface area (Å²) in [4.78, 5) is 30.1. The van der Waals surface area contributed by atoms with Crippen LogP contribution in [0.4, 0.5) is 11.4 Å². The van der Waals surface area contributed by atoms with Crippen LogP contribution < -0.4 is 10.6 Å². The van der Waals surface area contributed by atoms with Gasteiger partial charge in [-0.2, -0.15) is 0 Å². The Hall–Kier alpha value is -3.16. The van der Waals surface area contributed by atoms with Crippen molar-refractivity contribution in [2.45, 2.75) is 11.3 Å². The molecule has 5 nitrogen and oxygen atoms in total. The fourth-order valence-electron chi connectivity index (χ4n) is 3.26. The minimum absolute atomic E-state index is 0.0238. The minimum atomic E-state index is -0.214. The molecule has 1 aliphatic heterocycles. The lowest BCUT2D eigenvalue weighted by molar-refractivity contribution is -0.115. The quantitative estimate of drug-likeness (QED) is 0.440. The second kappa shape index (κ2) is 7.93. The molecule has 2 amide bonds. The number of aromatic nitrogens is 1. The molecule has 5 rings (SSSR count). The van der Waals surface area contributed by atoms with Gasteiger partial charge in [0.05, 0.1) is 15.9 Å². The van der Waals surface area contributed by atoms with Gasteiger partial charge in [0.1, 0.15) is 5.01 Å². The number of anilines is 2. The highest BCUT2D eigenvalue weighted by Gasteiger charge is 2.16. The van der Waals surface area contributed by atoms with Crippen molar-refractivity contribution in [3.8, 4) is 10.6 Å². The molecule has 0 aliphatic carbocycles. The molecule has 0 saturated heterocycles. The van der Waals surface area contributed by atoms with E-state index < -0.39 is 0 Å². The lowest BCUT2D eigenvalue weighted by atomic mass is 10.1. The second-order valence-electron chi connectivity index (χ2n) is 6.88. The molecule has 1 aliphatic rings. The lowest BCUT2D eigenvalue weighted by Crippen LogP contribution is -2.14. The molecular formula is C23H17N3O2S2. The van der Waals surface area contributed by atoms with Crippen molar-refractivity contribution in [1.29, 1.82) is 0 Å². The highest BCUT2D eigenvalue weighted by atomic mass is 32.2. The summed E-state index contributed by atoms with van der Waals surface area (Å²) in [5, 5.41) is 6.75. The van der Waals surface area contributed by atoms with Crippen LogP contribution in [-0.4, -0.2) is 22.6 Å². The zero-order valence-electron chi connectivity index (χ0n) is 15.8. The van der Waals surface area contributed by atoms with E-state index in [2.05, 4.69) is 21.7 Å². The van der Waals surface area contributed by atoms with Crippen molar-refractivity contribution >= 4 is 56.5 Å². The zero-order valence-corrected chi connectivity index (χ0v) is 17.5. The number of thioether (sulfide) groups is 1. The number of para-hydroxylation sites is 1. The third-order valence-electron chi connectivity index (χ3n) is 4.79. The van der Waals surface area contributed by atoms with E-state index in [1.165, 1.54) is 0 Å². The van der Waals surface area contributed by atoms with E-state index in [9.17, 15) is 9.59 Å². The molecule has 0 saturated carbocycles. The standard InChI is InChI=1S/C23H17N3O2S2/c27-21-11-12-29-19-10-7-15(13-18(19)25-21)22(28)24-16-8-5-14(6-9-16)23-26-17-3-1-2-4-20(17)30-23/h1-10,13H,11-12H2,(H,24,28)(H,25,27). The molecule has 7 heteroatoms. The normalized spacial score (nSPS) is 13.4. The summed E-state index contributed by atoms with van der Waals surface area (Å²) < 4.78 is 1.15. The Balaban J connectivity index is 1.33. The van der Waals surface area contributed by atoms with E-state index in [0.717, 1.165) is 31.4 Å². The summed E-state index contributed by atoms with van der Waals surface area (Å²) in [6.07, 6.45) is 0.474. The maximum Gasteiger partial charge on any atom is 0.255 e. The first-order valence-electron chi connectivity index (χ1n) is 9.50. The number of amides is 2. The van der Waals surface area contributed by atoms with Gasteiger partial charge in [-0.3, -0.25) is 9.59 Å². The van der Waals surface area contributed by atoms with Gasteiger partial charge in [0.2, 0.25) is 5.91 Å². The average molecular weight is 432 g/mol. The SMILES string of the molecule is O=C1CCSc2ccc(C(=O)Nc3ccc(-c4nc5ccccc5s4)cc3)cc2N1. The van der Waals surface area contributed by atoms with Crippen molar-refractivity contribution in [3.63, 3.8) is 0 Å². The van der Waals surface area contributed by atoms with Gasteiger partial charge in [0.25, 0.3) is 5.91 Å². The number of carbonyl (C=O) groups is 2. The van der Waals surface area contributed by atoms with Crippen molar-refractivity contribution in [1.82, 2.24) is 4.98 Å². The van der Waals surface area contributed by atoms with Gasteiger partial charge >= 0.3 is 0 Å². The molecule has 0 atom stereocenters. The van der Waals surface area contributed by atoms with Crippen LogP contribution in [0.2, 0.25) is 0 Å². The van der Waals surface area contributed by atoms with Crippen LogP contribution in [0.3, 0.4) is 0 Å². The van der Waals surface area contributed by atoms with E-state index in [1.54, 1.807) is 35.2 Å². The first kappa shape index (κ1) is 18.8. The Morgan fingerprint density at radius 3 is 2.70 bits per heavy atom. The number of fused-ring (bicyclic) bond motifs is 2. The fraction of sp³-hybridized carbons (Fsp3) is 0.0870. The molecule has 2 heterocycles. The zero-order chi connectivity index (χ0) is 20.5. The molecule has 4 aromatic rings. The number of nitrogens with one attached hydrogen (secondary N) is 2. The van der Waals surface area contributed by atoms with Crippen LogP contribution in [0.25, 0.3) is 20.8 Å². The predicted octanol–water partition coefficient (Wildman–Crippen LogP) is 5.65. The van der Waals surface area contributed by atoms with Crippen LogP contribution in [-0.2, 0) is 4.79 Å². The maximum absolute atomic E-state index is 12.7.